The van der Waals surface area contributed by atoms with E-state index in [1.54, 1.807) is 0 Å². The summed E-state index contributed by atoms with van der Waals surface area (Å²) >= 11 is 10.0. The molecule has 0 radical (unpaired) electrons. The Balaban J connectivity index is 3.43. The molecule has 8 nitrogen and oxygen atoms in total. The van der Waals surface area contributed by atoms with Crippen molar-refractivity contribution >= 4 is 46.6 Å². The Labute approximate surface area is 140 Å². The molecule has 0 aliphatic carbocycles. The van der Waals surface area contributed by atoms with Gasteiger partial charge in [-0.25, -0.2) is 0 Å². The van der Waals surface area contributed by atoms with Gasteiger partial charge in [-0.1, -0.05) is 0 Å². The summed E-state index contributed by atoms with van der Waals surface area (Å²) in [7, 11) is 0. The van der Waals surface area contributed by atoms with Gasteiger partial charge in [0.1, 0.15) is 0 Å². The van der Waals surface area contributed by atoms with E-state index in [-0.39, 0.29) is 12.8 Å². The van der Waals surface area contributed by atoms with Crippen molar-refractivity contribution in [2.75, 3.05) is 26.2 Å². The van der Waals surface area contributed by atoms with E-state index in [1.165, 1.54) is 0 Å². The summed E-state index contributed by atoms with van der Waals surface area (Å²) in [6, 6.07) is 0. The minimum Gasteiger partial charge on any atom is -0.481 e. The predicted octanol–water partition coefficient (Wildman–Crippen LogP) is -0.356. The van der Waals surface area contributed by atoms with Crippen LogP contribution in [0.2, 0.25) is 0 Å². The molecule has 126 valence electrons. The number of carboxylic acids is 2. The molecule has 0 aliphatic rings. The van der Waals surface area contributed by atoms with E-state index in [0.29, 0.717) is 49.2 Å². The molecule has 0 aliphatic heterocycles. The van der Waals surface area contributed by atoms with E-state index >= 15 is 0 Å². The fourth-order valence-electron chi connectivity index (χ4n) is 1.36. The Morgan fingerprint density at radius 2 is 1.00 bits per heavy atom. The van der Waals surface area contributed by atoms with Crippen molar-refractivity contribution in [2.45, 2.75) is 25.7 Å². The van der Waals surface area contributed by atoms with Crippen LogP contribution in [0.5, 0.6) is 0 Å². The molecule has 0 amide bonds. The molecular formula is C12H22N4O4S2. The number of nitrogens with one attached hydrogen (secondary N) is 4. The first-order chi connectivity index (χ1) is 10.4. The molecule has 0 rings (SSSR count). The van der Waals surface area contributed by atoms with Crippen molar-refractivity contribution in [3.8, 4) is 0 Å². The lowest BCUT2D eigenvalue weighted by Crippen LogP contribution is -2.43. The molecule has 0 bridgehead atoms. The number of carboxylic acid groups (broad SMARTS) is 2. The zero-order valence-electron chi connectivity index (χ0n) is 12.2. The van der Waals surface area contributed by atoms with Gasteiger partial charge in [-0.3, -0.25) is 9.59 Å². The molecule has 0 unspecified atom stereocenters. The molecule has 0 saturated heterocycles. The standard InChI is InChI=1S/C12H22N4O4S2/c17-9(18)3-1-5-13-11(21)15-7-8-16-12(22)14-6-2-4-10(19)20/h1-8H2,(H,17,18)(H,19,20)(H2,13,15,21)(H2,14,16,22). The number of rotatable bonds is 11. The first-order valence-electron chi connectivity index (χ1n) is 6.89. The van der Waals surface area contributed by atoms with E-state index in [2.05, 4.69) is 21.3 Å². The zero-order valence-corrected chi connectivity index (χ0v) is 13.8. The minimum atomic E-state index is -0.825. The molecule has 0 aromatic carbocycles. The third-order valence-electron chi connectivity index (χ3n) is 2.40. The van der Waals surface area contributed by atoms with Crippen LogP contribution in [0, 0.1) is 0 Å². The van der Waals surface area contributed by atoms with Gasteiger partial charge < -0.3 is 31.5 Å². The molecular weight excluding hydrogens is 328 g/mol. The number of carbonyl (C=O) groups is 2. The summed E-state index contributed by atoms with van der Waals surface area (Å²) in [6.07, 6.45) is 1.25. The van der Waals surface area contributed by atoms with Crippen LogP contribution in [0.25, 0.3) is 0 Å². The smallest absolute Gasteiger partial charge is 0.303 e. The maximum atomic E-state index is 10.3. The molecule has 0 aromatic heterocycles. The van der Waals surface area contributed by atoms with E-state index in [9.17, 15) is 9.59 Å². The maximum Gasteiger partial charge on any atom is 0.303 e. The average molecular weight is 350 g/mol. The Kier molecular flexibility index (Phi) is 12.0. The van der Waals surface area contributed by atoms with Gasteiger partial charge in [0.15, 0.2) is 10.2 Å². The highest BCUT2D eigenvalue weighted by Crippen LogP contribution is 1.86. The first-order valence-corrected chi connectivity index (χ1v) is 7.70. The van der Waals surface area contributed by atoms with E-state index in [1.807, 2.05) is 0 Å². The van der Waals surface area contributed by atoms with Crippen molar-refractivity contribution in [2.24, 2.45) is 0 Å². The molecule has 0 aromatic rings. The monoisotopic (exact) mass is 350 g/mol. The second-order valence-electron chi connectivity index (χ2n) is 4.36. The highest BCUT2D eigenvalue weighted by molar-refractivity contribution is 7.80. The van der Waals surface area contributed by atoms with Gasteiger partial charge in [-0.15, -0.1) is 0 Å². The zero-order chi connectivity index (χ0) is 16.8. The second-order valence-corrected chi connectivity index (χ2v) is 5.18. The summed E-state index contributed by atoms with van der Waals surface area (Å²) in [6.45, 7) is 2.13. The summed E-state index contributed by atoms with van der Waals surface area (Å²) in [5.41, 5.74) is 0. The fourth-order valence-corrected chi connectivity index (χ4v) is 1.77. The molecule has 0 atom stereocenters. The molecule has 0 spiro atoms. The highest BCUT2D eigenvalue weighted by atomic mass is 32.1. The lowest BCUT2D eigenvalue weighted by atomic mass is 10.3. The van der Waals surface area contributed by atoms with Crippen LogP contribution >= 0.6 is 24.4 Å². The molecule has 10 heteroatoms. The SMILES string of the molecule is O=C(O)CCCNC(=S)NCCNC(=S)NCCCC(=O)O. The second kappa shape index (κ2) is 13.0. The Morgan fingerprint density at radius 1 is 0.682 bits per heavy atom. The predicted molar refractivity (Wildman–Crippen MR) is 90.9 cm³/mol. The van der Waals surface area contributed by atoms with Crippen LogP contribution in [0.4, 0.5) is 0 Å². The molecule has 0 heterocycles. The van der Waals surface area contributed by atoms with Gasteiger partial charge in [0.2, 0.25) is 0 Å². The van der Waals surface area contributed by atoms with Gasteiger partial charge in [0, 0.05) is 39.0 Å². The summed E-state index contributed by atoms with van der Waals surface area (Å²) in [5.74, 6) is -1.65. The van der Waals surface area contributed by atoms with Crippen molar-refractivity contribution in [3.63, 3.8) is 0 Å². The summed E-state index contributed by atoms with van der Waals surface area (Å²) in [4.78, 5) is 20.6. The molecule has 6 N–H and O–H groups in total. The fraction of sp³-hybridized carbons (Fsp3) is 0.667. The van der Waals surface area contributed by atoms with Crippen molar-refractivity contribution in [3.05, 3.63) is 0 Å². The quantitative estimate of drug-likeness (QED) is 0.218. The number of aliphatic carboxylic acids is 2. The van der Waals surface area contributed by atoms with Crippen LogP contribution in [0.15, 0.2) is 0 Å². The molecule has 22 heavy (non-hydrogen) atoms. The maximum absolute atomic E-state index is 10.3. The highest BCUT2D eigenvalue weighted by Gasteiger charge is 2.00. The van der Waals surface area contributed by atoms with Gasteiger partial charge in [-0.05, 0) is 37.3 Å². The van der Waals surface area contributed by atoms with Crippen molar-refractivity contribution in [1.29, 1.82) is 0 Å². The first kappa shape index (κ1) is 20.3. The van der Waals surface area contributed by atoms with Crippen molar-refractivity contribution < 1.29 is 19.8 Å². The molecule has 0 fully saturated rings. The lowest BCUT2D eigenvalue weighted by Gasteiger charge is -2.12. The minimum absolute atomic E-state index is 0.110. The van der Waals surface area contributed by atoms with Crippen LogP contribution in [0.1, 0.15) is 25.7 Å². The average Bonchev–Trinajstić information content (AvgIpc) is 2.44. The van der Waals surface area contributed by atoms with Crippen LogP contribution < -0.4 is 21.3 Å². The van der Waals surface area contributed by atoms with Gasteiger partial charge in [0.25, 0.3) is 0 Å². The largest absolute Gasteiger partial charge is 0.481 e. The van der Waals surface area contributed by atoms with Crippen LogP contribution in [-0.4, -0.2) is 58.6 Å². The normalized spacial score (nSPS) is 9.64. The number of hydrogen-bond acceptors (Lipinski definition) is 4. The third kappa shape index (κ3) is 14.7. The van der Waals surface area contributed by atoms with E-state index in [0.717, 1.165) is 0 Å². The summed E-state index contributed by atoms with van der Waals surface area (Å²) in [5, 5.41) is 29.6. The number of hydrogen-bond donors (Lipinski definition) is 6. The lowest BCUT2D eigenvalue weighted by molar-refractivity contribution is -0.138. The van der Waals surface area contributed by atoms with Crippen LogP contribution in [-0.2, 0) is 9.59 Å². The topological polar surface area (TPSA) is 123 Å². The third-order valence-corrected chi connectivity index (χ3v) is 2.98. The van der Waals surface area contributed by atoms with Crippen molar-refractivity contribution in [1.82, 2.24) is 21.3 Å². The number of thiocarbonyl (C=S) groups is 2. The van der Waals surface area contributed by atoms with Gasteiger partial charge in [-0.2, -0.15) is 0 Å². The Morgan fingerprint density at radius 3 is 1.32 bits per heavy atom. The summed E-state index contributed by atoms with van der Waals surface area (Å²) < 4.78 is 0. The molecule has 0 saturated carbocycles. The Bertz CT molecular complexity index is 357. The van der Waals surface area contributed by atoms with Crippen LogP contribution in [0.3, 0.4) is 0 Å². The van der Waals surface area contributed by atoms with Gasteiger partial charge >= 0.3 is 11.9 Å². The Hall–Kier alpha value is -1.68. The van der Waals surface area contributed by atoms with E-state index < -0.39 is 11.9 Å². The van der Waals surface area contributed by atoms with E-state index in [4.69, 9.17) is 34.6 Å². The van der Waals surface area contributed by atoms with Gasteiger partial charge in [0.05, 0.1) is 0 Å².